The molecule has 7 heteroatoms. The summed E-state index contributed by atoms with van der Waals surface area (Å²) in [6, 6.07) is 9.14. The van der Waals surface area contributed by atoms with E-state index in [0.29, 0.717) is 19.6 Å². The Morgan fingerprint density at radius 2 is 2.09 bits per heavy atom. The highest BCUT2D eigenvalue weighted by Gasteiger charge is 2.35. The van der Waals surface area contributed by atoms with Gasteiger partial charge in [-0.2, -0.15) is 0 Å². The average Bonchev–Trinajstić information content (AvgIpc) is 2.54. The van der Waals surface area contributed by atoms with Crippen LogP contribution >= 0.6 is 12.4 Å². The van der Waals surface area contributed by atoms with Crippen LogP contribution in [0.5, 0.6) is 0 Å². The molecule has 1 atom stereocenters. The van der Waals surface area contributed by atoms with Gasteiger partial charge in [0.05, 0.1) is 6.61 Å². The maximum absolute atomic E-state index is 12.6. The summed E-state index contributed by atoms with van der Waals surface area (Å²) in [5, 5.41) is 3.01. The fraction of sp³-hybridized carbons (Fsp3) is 0.500. The lowest BCUT2D eigenvalue weighted by Crippen LogP contribution is -2.56. The Morgan fingerprint density at radius 3 is 2.74 bits per heavy atom. The van der Waals surface area contributed by atoms with Gasteiger partial charge in [-0.3, -0.25) is 9.59 Å². The average molecular weight is 342 g/mol. The summed E-state index contributed by atoms with van der Waals surface area (Å²) < 4.78 is 5.28. The van der Waals surface area contributed by atoms with Crippen LogP contribution in [0.15, 0.2) is 30.3 Å². The first-order chi connectivity index (χ1) is 10.6. The van der Waals surface area contributed by atoms with E-state index in [1.807, 2.05) is 37.4 Å². The molecule has 1 heterocycles. The number of morpholine rings is 1. The van der Waals surface area contributed by atoms with Crippen molar-refractivity contribution in [2.75, 3.05) is 40.4 Å². The minimum Gasteiger partial charge on any atom is -0.369 e. The first-order valence-corrected chi connectivity index (χ1v) is 7.44. The number of carbonyl (C=O) groups excluding carboxylic acids is 2. The number of rotatable bonds is 6. The van der Waals surface area contributed by atoms with Crippen molar-refractivity contribution in [3.63, 3.8) is 0 Å². The molecule has 1 aromatic rings. The lowest BCUT2D eigenvalue weighted by atomic mass is 10.1. The second-order valence-corrected chi connectivity index (χ2v) is 5.40. The molecule has 23 heavy (non-hydrogen) atoms. The van der Waals surface area contributed by atoms with Crippen LogP contribution in [0.2, 0.25) is 0 Å². The van der Waals surface area contributed by atoms with Gasteiger partial charge in [-0.1, -0.05) is 30.3 Å². The first kappa shape index (κ1) is 19.4. The van der Waals surface area contributed by atoms with Crippen molar-refractivity contribution in [2.24, 2.45) is 0 Å². The zero-order valence-electron chi connectivity index (χ0n) is 13.5. The molecule has 1 N–H and O–H groups in total. The van der Waals surface area contributed by atoms with E-state index in [1.54, 1.807) is 16.8 Å². The Morgan fingerprint density at radius 1 is 1.39 bits per heavy atom. The van der Waals surface area contributed by atoms with Gasteiger partial charge < -0.3 is 19.9 Å². The quantitative estimate of drug-likeness (QED) is 0.819. The zero-order valence-corrected chi connectivity index (χ0v) is 14.3. The predicted octanol–water partition coefficient (Wildman–Crippen LogP) is 0.514. The fourth-order valence-corrected chi connectivity index (χ4v) is 2.43. The van der Waals surface area contributed by atoms with Crippen LogP contribution < -0.4 is 5.32 Å². The van der Waals surface area contributed by atoms with E-state index in [4.69, 9.17) is 4.74 Å². The van der Waals surface area contributed by atoms with E-state index >= 15 is 0 Å². The largest absolute Gasteiger partial charge is 0.369 e. The van der Waals surface area contributed by atoms with Crippen molar-refractivity contribution < 1.29 is 14.3 Å². The Labute approximate surface area is 143 Å². The molecule has 6 nitrogen and oxygen atoms in total. The Kier molecular flexibility index (Phi) is 8.02. The van der Waals surface area contributed by atoms with E-state index in [2.05, 4.69) is 5.32 Å². The molecule has 128 valence electrons. The van der Waals surface area contributed by atoms with E-state index < -0.39 is 6.04 Å². The molecule has 1 aliphatic heterocycles. The number of hydrogen-bond acceptors (Lipinski definition) is 4. The number of hydrogen-bond donors (Lipinski definition) is 1. The third kappa shape index (κ3) is 5.20. The van der Waals surface area contributed by atoms with Crippen molar-refractivity contribution >= 4 is 24.2 Å². The van der Waals surface area contributed by atoms with Gasteiger partial charge in [0.25, 0.3) is 0 Å². The number of ether oxygens (including phenoxy) is 1. The van der Waals surface area contributed by atoms with Gasteiger partial charge in [0.2, 0.25) is 11.8 Å². The van der Waals surface area contributed by atoms with Crippen molar-refractivity contribution in [1.82, 2.24) is 15.1 Å². The van der Waals surface area contributed by atoms with Crippen LogP contribution in [0.25, 0.3) is 0 Å². The molecule has 2 amide bonds. The second kappa shape index (κ2) is 9.50. The molecule has 0 unspecified atom stereocenters. The normalized spacial score (nSPS) is 17.6. The number of amides is 2. The molecule has 0 saturated carbocycles. The number of halogens is 1. The summed E-state index contributed by atoms with van der Waals surface area (Å²) >= 11 is 0. The third-order valence-corrected chi connectivity index (χ3v) is 3.75. The van der Waals surface area contributed by atoms with Gasteiger partial charge >= 0.3 is 0 Å². The molecule has 1 aromatic carbocycles. The molecule has 0 aliphatic carbocycles. The molecule has 1 fully saturated rings. The second-order valence-electron chi connectivity index (χ2n) is 5.40. The topological polar surface area (TPSA) is 61.9 Å². The number of nitrogens with one attached hydrogen (secondary N) is 1. The van der Waals surface area contributed by atoms with Gasteiger partial charge in [-0.15, -0.1) is 12.4 Å². The molecule has 0 bridgehead atoms. The SMILES string of the molecule is CNCCN(C)C(=O)[C@H]1COCC(=O)N1Cc1ccccc1.Cl. The molecule has 0 radical (unpaired) electrons. The van der Waals surface area contributed by atoms with E-state index in [-0.39, 0.29) is 37.4 Å². The van der Waals surface area contributed by atoms with Crippen LogP contribution in [0, 0.1) is 0 Å². The maximum atomic E-state index is 12.6. The number of carbonyl (C=O) groups is 2. The Balaban J connectivity index is 0.00000264. The highest BCUT2D eigenvalue weighted by Crippen LogP contribution is 2.15. The molecular weight excluding hydrogens is 318 g/mol. The van der Waals surface area contributed by atoms with Gasteiger partial charge in [-0.25, -0.2) is 0 Å². The van der Waals surface area contributed by atoms with Crippen molar-refractivity contribution in [1.29, 1.82) is 0 Å². The highest BCUT2D eigenvalue weighted by molar-refractivity contribution is 5.89. The Hall–Kier alpha value is -1.63. The van der Waals surface area contributed by atoms with Crippen LogP contribution in [0.1, 0.15) is 5.56 Å². The monoisotopic (exact) mass is 341 g/mol. The summed E-state index contributed by atoms with van der Waals surface area (Å²) in [7, 11) is 3.59. The lowest BCUT2D eigenvalue weighted by molar-refractivity contribution is -0.159. The van der Waals surface area contributed by atoms with E-state index in [9.17, 15) is 9.59 Å². The molecular formula is C16H24ClN3O3. The van der Waals surface area contributed by atoms with Crippen LogP contribution in [-0.2, 0) is 20.9 Å². The standard InChI is InChI=1S/C16H23N3O3.ClH/c1-17-8-9-18(2)16(21)14-11-22-12-15(20)19(14)10-13-6-4-3-5-7-13;/h3-7,14,17H,8-12H2,1-2H3;1H/t14-;/m1./s1. The first-order valence-electron chi connectivity index (χ1n) is 7.44. The molecule has 2 rings (SSSR count). The predicted molar refractivity (Wildman–Crippen MR) is 90.4 cm³/mol. The van der Waals surface area contributed by atoms with E-state index in [0.717, 1.165) is 5.56 Å². The summed E-state index contributed by atoms with van der Waals surface area (Å²) in [6.45, 7) is 2.03. The zero-order chi connectivity index (χ0) is 15.9. The molecule has 1 aliphatic rings. The van der Waals surface area contributed by atoms with Gasteiger partial charge in [0.1, 0.15) is 12.6 Å². The smallest absolute Gasteiger partial charge is 0.249 e. The summed E-state index contributed by atoms with van der Waals surface area (Å²) in [4.78, 5) is 28.0. The van der Waals surface area contributed by atoms with Crippen molar-refractivity contribution in [3.05, 3.63) is 35.9 Å². The van der Waals surface area contributed by atoms with E-state index in [1.165, 1.54) is 0 Å². The Bertz CT molecular complexity index is 513. The van der Waals surface area contributed by atoms with Gasteiger partial charge in [-0.05, 0) is 12.6 Å². The van der Waals surface area contributed by atoms with Crippen LogP contribution in [-0.4, -0.2) is 68.1 Å². The number of nitrogens with zero attached hydrogens (tertiary/aromatic N) is 2. The summed E-state index contributed by atoms with van der Waals surface area (Å²) in [5.41, 5.74) is 1.01. The van der Waals surface area contributed by atoms with Gasteiger partial charge in [0.15, 0.2) is 0 Å². The minimum absolute atomic E-state index is 0. The fourth-order valence-electron chi connectivity index (χ4n) is 2.43. The van der Waals surface area contributed by atoms with Crippen molar-refractivity contribution in [2.45, 2.75) is 12.6 Å². The summed E-state index contributed by atoms with van der Waals surface area (Å²) in [5.74, 6) is -0.227. The summed E-state index contributed by atoms with van der Waals surface area (Å²) in [6.07, 6.45) is 0. The molecule has 0 aromatic heterocycles. The highest BCUT2D eigenvalue weighted by atomic mass is 35.5. The van der Waals surface area contributed by atoms with Gasteiger partial charge in [0, 0.05) is 26.7 Å². The van der Waals surface area contributed by atoms with Crippen molar-refractivity contribution in [3.8, 4) is 0 Å². The molecule has 1 saturated heterocycles. The lowest BCUT2D eigenvalue weighted by Gasteiger charge is -2.36. The maximum Gasteiger partial charge on any atom is 0.249 e. The number of benzene rings is 1. The van der Waals surface area contributed by atoms with Crippen LogP contribution in [0.4, 0.5) is 0 Å². The number of likely N-dealkylation sites (N-methyl/N-ethyl adjacent to an activating group) is 2. The minimum atomic E-state index is -0.552. The van der Waals surface area contributed by atoms with Crippen LogP contribution in [0.3, 0.4) is 0 Å². The molecule has 0 spiro atoms. The third-order valence-electron chi connectivity index (χ3n) is 3.75.